The smallest absolute Gasteiger partial charge is 0.312 e. The molecule has 6 N–H and O–H groups in total. The monoisotopic (exact) mass is 556 g/mol. The maximum atomic E-state index is 13.2. The fourth-order valence-corrected chi connectivity index (χ4v) is 4.08. The van der Waals surface area contributed by atoms with E-state index in [1.807, 2.05) is 19.1 Å². The molecule has 12 heteroatoms. The molecule has 1 aromatic rings. The summed E-state index contributed by atoms with van der Waals surface area (Å²) in [5.41, 5.74) is 6.71. The van der Waals surface area contributed by atoms with E-state index in [9.17, 15) is 28.8 Å². The van der Waals surface area contributed by atoms with E-state index in [-0.39, 0.29) is 43.0 Å². The standard InChI is InChI=1S/C28H40N6O6/c1-18(2)25(33-22(35)9-5-4-6-17-34-23(36)14-15-24(34)37)27(39)32-21(8-7-16-30-28(29)40)26(38)31-20-12-10-19(3)11-13-20/h10-15,18,21,25H,4-9,16-17H2,1-3H3,(H,31,38)(H,32,39)(H,33,35)(H3,29,30,40)/t21-,25-/m0/s1. The first kappa shape index (κ1) is 32.0. The van der Waals surface area contributed by atoms with Crippen molar-refractivity contribution in [1.82, 2.24) is 20.9 Å². The molecule has 0 aromatic heterocycles. The maximum absolute atomic E-state index is 13.2. The molecule has 0 saturated heterocycles. The summed E-state index contributed by atoms with van der Waals surface area (Å²) in [4.78, 5) is 74.2. The highest BCUT2D eigenvalue weighted by Crippen LogP contribution is 2.12. The molecule has 2 atom stereocenters. The van der Waals surface area contributed by atoms with Gasteiger partial charge in [-0.2, -0.15) is 0 Å². The molecule has 12 nitrogen and oxygen atoms in total. The number of unbranched alkanes of at least 4 members (excludes halogenated alkanes) is 2. The Hall–Kier alpha value is -4.22. The van der Waals surface area contributed by atoms with Crippen molar-refractivity contribution in [3.63, 3.8) is 0 Å². The van der Waals surface area contributed by atoms with Crippen molar-refractivity contribution >= 4 is 41.3 Å². The molecule has 1 heterocycles. The van der Waals surface area contributed by atoms with Gasteiger partial charge in [-0.05, 0) is 50.7 Å². The van der Waals surface area contributed by atoms with E-state index in [2.05, 4.69) is 21.3 Å². The molecule has 1 aliphatic rings. The van der Waals surface area contributed by atoms with E-state index in [0.717, 1.165) is 10.5 Å². The quantitative estimate of drug-likeness (QED) is 0.152. The number of imide groups is 1. The van der Waals surface area contributed by atoms with E-state index >= 15 is 0 Å². The van der Waals surface area contributed by atoms with E-state index in [0.29, 0.717) is 37.9 Å². The third-order valence-corrected chi connectivity index (χ3v) is 6.37. The summed E-state index contributed by atoms with van der Waals surface area (Å²) in [6, 6.07) is 4.77. The number of nitrogens with two attached hydrogens (primary N) is 1. The first-order valence-corrected chi connectivity index (χ1v) is 13.5. The Morgan fingerprint density at radius 1 is 0.875 bits per heavy atom. The fourth-order valence-electron chi connectivity index (χ4n) is 4.08. The highest BCUT2D eigenvalue weighted by atomic mass is 16.2. The van der Waals surface area contributed by atoms with E-state index in [1.54, 1.807) is 26.0 Å². The number of carbonyl (C=O) groups is 6. The Morgan fingerprint density at radius 3 is 2.12 bits per heavy atom. The van der Waals surface area contributed by atoms with Gasteiger partial charge < -0.3 is 27.0 Å². The number of amides is 7. The number of carbonyl (C=O) groups excluding carboxylic acids is 6. The number of aryl methyl sites for hydroxylation is 1. The zero-order valence-corrected chi connectivity index (χ0v) is 23.3. The average molecular weight is 557 g/mol. The number of hydrogen-bond acceptors (Lipinski definition) is 6. The minimum Gasteiger partial charge on any atom is -0.352 e. The van der Waals surface area contributed by atoms with Gasteiger partial charge in [-0.25, -0.2) is 4.79 Å². The molecular formula is C28H40N6O6. The van der Waals surface area contributed by atoms with Crippen molar-refractivity contribution in [3.8, 4) is 0 Å². The Bertz CT molecular complexity index is 1080. The second kappa shape index (κ2) is 16.0. The number of benzene rings is 1. The molecule has 0 bridgehead atoms. The average Bonchev–Trinajstić information content (AvgIpc) is 3.21. The normalized spacial score (nSPS) is 14.2. The lowest BCUT2D eigenvalue weighted by Gasteiger charge is -2.25. The van der Waals surface area contributed by atoms with Gasteiger partial charge >= 0.3 is 6.03 Å². The van der Waals surface area contributed by atoms with Gasteiger partial charge in [-0.3, -0.25) is 28.9 Å². The van der Waals surface area contributed by atoms with Crippen LogP contribution in [0.3, 0.4) is 0 Å². The lowest BCUT2D eigenvalue weighted by Crippen LogP contribution is -2.54. The number of primary amides is 1. The molecule has 218 valence electrons. The van der Waals surface area contributed by atoms with Crippen molar-refractivity contribution in [2.24, 2.45) is 11.7 Å². The summed E-state index contributed by atoms with van der Waals surface area (Å²) < 4.78 is 0. The van der Waals surface area contributed by atoms with E-state index < -0.39 is 29.9 Å². The third kappa shape index (κ3) is 10.9. The van der Waals surface area contributed by atoms with Crippen molar-refractivity contribution in [3.05, 3.63) is 42.0 Å². The van der Waals surface area contributed by atoms with Crippen molar-refractivity contribution < 1.29 is 28.8 Å². The van der Waals surface area contributed by atoms with Crippen LogP contribution in [0.4, 0.5) is 10.5 Å². The molecular weight excluding hydrogens is 516 g/mol. The first-order valence-electron chi connectivity index (χ1n) is 13.5. The minimum absolute atomic E-state index is 0.173. The molecule has 1 aliphatic heterocycles. The second-order valence-corrected chi connectivity index (χ2v) is 10.1. The van der Waals surface area contributed by atoms with Crippen LogP contribution in [0.1, 0.15) is 57.9 Å². The number of nitrogens with zero attached hydrogens (tertiary/aromatic N) is 1. The van der Waals surface area contributed by atoms with Crippen LogP contribution < -0.4 is 27.0 Å². The predicted octanol–water partition coefficient (Wildman–Crippen LogP) is 1.49. The molecule has 0 unspecified atom stereocenters. The number of nitrogens with one attached hydrogen (secondary N) is 4. The largest absolute Gasteiger partial charge is 0.352 e. The molecule has 1 aromatic carbocycles. The topological polar surface area (TPSA) is 180 Å². The fraction of sp³-hybridized carbons (Fsp3) is 0.500. The molecule has 0 spiro atoms. The molecule has 2 rings (SSSR count). The van der Waals surface area contributed by atoms with Crippen LogP contribution in [0.5, 0.6) is 0 Å². The van der Waals surface area contributed by atoms with Crippen LogP contribution >= 0.6 is 0 Å². The molecule has 0 fully saturated rings. The van der Waals surface area contributed by atoms with Gasteiger partial charge in [0.25, 0.3) is 11.8 Å². The molecule has 0 radical (unpaired) electrons. The van der Waals surface area contributed by atoms with E-state index in [4.69, 9.17) is 5.73 Å². The summed E-state index contributed by atoms with van der Waals surface area (Å²) in [5.74, 6) is -2.13. The Kier molecular flexibility index (Phi) is 12.8. The predicted molar refractivity (Wildman–Crippen MR) is 150 cm³/mol. The van der Waals surface area contributed by atoms with Crippen LogP contribution in [-0.2, 0) is 24.0 Å². The lowest BCUT2D eigenvalue weighted by molar-refractivity contribution is -0.137. The molecule has 7 amide bonds. The van der Waals surface area contributed by atoms with Gasteiger partial charge in [0.15, 0.2) is 0 Å². The number of hydrogen-bond donors (Lipinski definition) is 5. The Morgan fingerprint density at radius 2 is 1.52 bits per heavy atom. The van der Waals surface area contributed by atoms with Gasteiger partial charge in [0.1, 0.15) is 12.1 Å². The van der Waals surface area contributed by atoms with Crippen LogP contribution in [-0.4, -0.2) is 65.6 Å². The van der Waals surface area contributed by atoms with Gasteiger partial charge in [0.2, 0.25) is 17.7 Å². The maximum Gasteiger partial charge on any atom is 0.312 e. The molecule has 0 aliphatic carbocycles. The van der Waals surface area contributed by atoms with Crippen molar-refractivity contribution in [2.75, 3.05) is 18.4 Å². The summed E-state index contributed by atoms with van der Waals surface area (Å²) in [5, 5.41) is 10.8. The highest BCUT2D eigenvalue weighted by Gasteiger charge is 2.29. The van der Waals surface area contributed by atoms with Crippen molar-refractivity contribution in [2.45, 2.75) is 71.4 Å². The zero-order chi connectivity index (χ0) is 29.7. The highest BCUT2D eigenvalue weighted by molar-refractivity contribution is 6.12. The molecule has 0 saturated carbocycles. The van der Waals surface area contributed by atoms with Crippen LogP contribution in [0.2, 0.25) is 0 Å². The lowest BCUT2D eigenvalue weighted by atomic mass is 10.0. The van der Waals surface area contributed by atoms with Gasteiger partial charge in [0.05, 0.1) is 0 Å². The van der Waals surface area contributed by atoms with Crippen LogP contribution in [0, 0.1) is 12.8 Å². The second-order valence-electron chi connectivity index (χ2n) is 10.1. The number of urea groups is 1. The van der Waals surface area contributed by atoms with Gasteiger partial charge in [0, 0.05) is 37.3 Å². The summed E-state index contributed by atoms with van der Waals surface area (Å²) in [6.07, 6.45) is 5.00. The van der Waals surface area contributed by atoms with Gasteiger partial charge in [-0.1, -0.05) is 38.0 Å². The van der Waals surface area contributed by atoms with Crippen LogP contribution in [0.25, 0.3) is 0 Å². The zero-order valence-electron chi connectivity index (χ0n) is 23.3. The third-order valence-electron chi connectivity index (χ3n) is 6.37. The summed E-state index contributed by atoms with van der Waals surface area (Å²) in [7, 11) is 0. The SMILES string of the molecule is Cc1ccc(NC(=O)[C@H](CCCNC(N)=O)NC(=O)[C@@H](NC(=O)CCCCCN2C(=O)C=CC2=O)C(C)C)cc1. The first-order chi connectivity index (χ1) is 19.0. The Balaban J connectivity index is 1.90. The van der Waals surface area contributed by atoms with Gasteiger partial charge in [-0.15, -0.1) is 0 Å². The minimum atomic E-state index is -0.910. The van der Waals surface area contributed by atoms with E-state index in [1.165, 1.54) is 12.2 Å². The Labute approximate surface area is 234 Å². The number of anilines is 1. The summed E-state index contributed by atoms with van der Waals surface area (Å²) in [6.45, 7) is 6.05. The van der Waals surface area contributed by atoms with Crippen LogP contribution in [0.15, 0.2) is 36.4 Å². The number of rotatable bonds is 16. The van der Waals surface area contributed by atoms with Crippen molar-refractivity contribution in [1.29, 1.82) is 0 Å². The summed E-state index contributed by atoms with van der Waals surface area (Å²) >= 11 is 0. The molecule has 40 heavy (non-hydrogen) atoms.